The van der Waals surface area contributed by atoms with Gasteiger partial charge in [0.1, 0.15) is 11.6 Å². The number of nitrogens with zero attached hydrogens (tertiary/aromatic N) is 3. The van der Waals surface area contributed by atoms with Crippen LogP contribution >= 0.6 is 15.9 Å². The van der Waals surface area contributed by atoms with E-state index >= 15 is 0 Å². The number of pyridine rings is 2. The second-order valence-electron chi connectivity index (χ2n) is 4.17. The van der Waals surface area contributed by atoms with Crippen LogP contribution in [0.25, 0.3) is 11.0 Å². The number of fused-ring (bicyclic) bond motifs is 1. The Balaban J connectivity index is 2.17. The van der Waals surface area contributed by atoms with Gasteiger partial charge in [-0.1, -0.05) is 22.0 Å². The molecular weight excluding hydrogens is 316 g/mol. The SMILES string of the molecule is N#Cc1cnc2cccnc2c1Nc1cccc(Br)c1. The Labute approximate surface area is 124 Å². The van der Waals surface area contributed by atoms with Crippen molar-refractivity contribution in [1.29, 1.82) is 5.26 Å². The molecule has 0 amide bonds. The fraction of sp³-hybridized carbons (Fsp3) is 0. The lowest BCUT2D eigenvalue weighted by Gasteiger charge is -2.10. The van der Waals surface area contributed by atoms with E-state index in [1.807, 2.05) is 36.4 Å². The molecule has 0 aliphatic rings. The van der Waals surface area contributed by atoms with Gasteiger partial charge in [0, 0.05) is 22.6 Å². The van der Waals surface area contributed by atoms with Crippen LogP contribution in [0.4, 0.5) is 11.4 Å². The van der Waals surface area contributed by atoms with Gasteiger partial charge < -0.3 is 5.32 Å². The number of hydrogen-bond donors (Lipinski definition) is 1. The zero-order chi connectivity index (χ0) is 13.9. The molecule has 2 heterocycles. The van der Waals surface area contributed by atoms with E-state index < -0.39 is 0 Å². The number of halogens is 1. The van der Waals surface area contributed by atoms with Crippen LogP contribution in [0.3, 0.4) is 0 Å². The Bertz CT molecular complexity index is 823. The van der Waals surface area contributed by atoms with Gasteiger partial charge in [-0.05, 0) is 30.3 Å². The third kappa shape index (κ3) is 2.33. The molecule has 0 atom stereocenters. The highest BCUT2D eigenvalue weighted by molar-refractivity contribution is 9.10. The van der Waals surface area contributed by atoms with Crippen LogP contribution in [0.15, 0.2) is 53.3 Å². The molecule has 2 aromatic heterocycles. The van der Waals surface area contributed by atoms with E-state index in [4.69, 9.17) is 0 Å². The molecule has 0 radical (unpaired) electrons. The van der Waals surface area contributed by atoms with Gasteiger partial charge in [-0.2, -0.15) is 5.26 Å². The third-order valence-corrected chi connectivity index (χ3v) is 3.33. The van der Waals surface area contributed by atoms with Gasteiger partial charge in [0.05, 0.1) is 16.8 Å². The molecule has 0 bridgehead atoms. The summed E-state index contributed by atoms with van der Waals surface area (Å²) in [6, 6.07) is 13.6. The molecular formula is C15H9BrN4. The monoisotopic (exact) mass is 324 g/mol. The van der Waals surface area contributed by atoms with Crippen LogP contribution < -0.4 is 5.32 Å². The Morgan fingerprint density at radius 2 is 2.05 bits per heavy atom. The minimum Gasteiger partial charge on any atom is -0.353 e. The van der Waals surface area contributed by atoms with E-state index in [1.54, 1.807) is 12.4 Å². The summed E-state index contributed by atoms with van der Waals surface area (Å²) in [6.07, 6.45) is 3.25. The largest absolute Gasteiger partial charge is 0.353 e. The molecule has 0 aliphatic carbocycles. The van der Waals surface area contributed by atoms with Crippen molar-refractivity contribution in [3.63, 3.8) is 0 Å². The lowest BCUT2D eigenvalue weighted by atomic mass is 10.2. The fourth-order valence-corrected chi connectivity index (χ4v) is 2.34. The highest BCUT2D eigenvalue weighted by atomic mass is 79.9. The summed E-state index contributed by atoms with van der Waals surface area (Å²) in [5.74, 6) is 0. The van der Waals surface area contributed by atoms with Crippen molar-refractivity contribution in [2.24, 2.45) is 0 Å². The maximum atomic E-state index is 9.24. The number of hydrogen-bond acceptors (Lipinski definition) is 4. The van der Waals surface area contributed by atoms with Crippen molar-refractivity contribution < 1.29 is 0 Å². The molecule has 1 aromatic carbocycles. The van der Waals surface area contributed by atoms with Crippen LogP contribution in [0.5, 0.6) is 0 Å². The van der Waals surface area contributed by atoms with E-state index in [-0.39, 0.29) is 0 Å². The summed E-state index contributed by atoms with van der Waals surface area (Å²) in [4.78, 5) is 8.56. The average Bonchev–Trinajstić information content (AvgIpc) is 2.48. The fourth-order valence-electron chi connectivity index (χ4n) is 1.94. The normalized spacial score (nSPS) is 10.2. The quantitative estimate of drug-likeness (QED) is 0.773. The van der Waals surface area contributed by atoms with Gasteiger partial charge >= 0.3 is 0 Å². The average molecular weight is 325 g/mol. The first-order valence-electron chi connectivity index (χ1n) is 5.94. The van der Waals surface area contributed by atoms with Crippen molar-refractivity contribution >= 4 is 38.3 Å². The highest BCUT2D eigenvalue weighted by Crippen LogP contribution is 2.28. The van der Waals surface area contributed by atoms with Crippen LogP contribution in [-0.2, 0) is 0 Å². The van der Waals surface area contributed by atoms with E-state index in [1.165, 1.54) is 0 Å². The van der Waals surface area contributed by atoms with Gasteiger partial charge in [-0.3, -0.25) is 9.97 Å². The standard InChI is InChI=1S/C15H9BrN4/c16-11-3-1-4-12(7-11)20-14-10(8-17)9-19-13-5-2-6-18-15(13)14/h1-7,9H,(H,19,20). The number of anilines is 2. The summed E-state index contributed by atoms with van der Waals surface area (Å²) in [7, 11) is 0. The molecule has 0 aliphatic heterocycles. The minimum absolute atomic E-state index is 0.469. The Morgan fingerprint density at radius 1 is 1.15 bits per heavy atom. The van der Waals surface area contributed by atoms with E-state index in [9.17, 15) is 5.26 Å². The van der Waals surface area contributed by atoms with E-state index in [0.717, 1.165) is 15.7 Å². The first kappa shape index (κ1) is 12.6. The first-order valence-corrected chi connectivity index (χ1v) is 6.73. The Morgan fingerprint density at radius 3 is 2.85 bits per heavy atom. The summed E-state index contributed by atoms with van der Waals surface area (Å²) in [5.41, 5.74) is 3.47. The summed E-state index contributed by atoms with van der Waals surface area (Å²) < 4.78 is 0.965. The maximum absolute atomic E-state index is 9.24. The molecule has 3 rings (SSSR count). The van der Waals surface area contributed by atoms with Gasteiger partial charge in [0.25, 0.3) is 0 Å². The smallest absolute Gasteiger partial charge is 0.113 e. The second-order valence-corrected chi connectivity index (χ2v) is 5.08. The number of nitrogens with one attached hydrogen (secondary N) is 1. The predicted molar refractivity (Wildman–Crippen MR) is 81.7 cm³/mol. The number of benzene rings is 1. The summed E-state index contributed by atoms with van der Waals surface area (Å²) >= 11 is 3.43. The van der Waals surface area contributed by atoms with Crippen molar-refractivity contribution in [3.8, 4) is 6.07 Å². The van der Waals surface area contributed by atoms with E-state index in [2.05, 4.69) is 37.3 Å². The molecule has 0 spiro atoms. The first-order chi connectivity index (χ1) is 9.78. The summed E-state index contributed by atoms with van der Waals surface area (Å²) in [6.45, 7) is 0. The van der Waals surface area contributed by atoms with Gasteiger partial charge in [-0.25, -0.2) is 0 Å². The van der Waals surface area contributed by atoms with Crippen LogP contribution in [0.2, 0.25) is 0 Å². The molecule has 20 heavy (non-hydrogen) atoms. The molecule has 0 saturated carbocycles. The Hall–Kier alpha value is -2.45. The number of nitriles is 1. The zero-order valence-electron chi connectivity index (χ0n) is 10.3. The van der Waals surface area contributed by atoms with Crippen LogP contribution in [0.1, 0.15) is 5.56 Å². The predicted octanol–water partition coefficient (Wildman–Crippen LogP) is 4.01. The van der Waals surface area contributed by atoms with Crippen LogP contribution in [-0.4, -0.2) is 9.97 Å². The number of aromatic nitrogens is 2. The molecule has 0 unspecified atom stereocenters. The van der Waals surface area contributed by atoms with Crippen molar-refractivity contribution in [1.82, 2.24) is 9.97 Å². The molecule has 3 aromatic rings. The molecule has 96 valence electrons. The van der Waals surface area contributed by atoms with E-state index in [0.29, 0.717) is 16.8 Å². The minimum atomic E-state index is 0.469. The Kier molecular flexibility index (Phi) is 3.32. The van der Waals surface area contributed by atoms with Crippen molar-refractivity contribution in [2.45, 2.75) is 0 Å². The lowest BCUT2D eigenvalue weighted by Crippen LogP contribution is -1.97. The molecule has 0 fully saturated rings. The van der Waals surface area contributed by atoms with Crippen LogP contribution in [0, 0.1) is 11.3 Å². The molecule has 0 saturated heterocycles. The van der Waals surface area contributed by atoms with Crippen molar-refractivity contribution in [2.75, 3.05) is 5.32 Å². The van der Waals surface area contributed by atoms with Gasteiger partial charge in [0.15, 0.2) is 0 Å². The second kappa shape index (κ2) is 5.27. The number of rotatable bonds is 2. The zero-order valence-corrected chi connectivity index (χ0v) is 11.9. The van der Waals surface area contributed by atoms with Gasteiger partial charge in [-0.15, -0.1) is 0 Å². The molecule has 1 N–H and O–H groups in total. The molecule has 4 nitrogen and oxygen atoms in total. The highest BCUT2D eigenvalue weighted by Gasteiger charge is 2.10. The van der Waals surface area contributed by atoms with Crippen molar-refractivity contribution in [3.05, 3.63) is 58.8 Å². The third-order valence-electron chi connectivity index (χ3n) is 2.84. The topological polar surface area (TPSA) is 61.6 Å². The van der Waals surface area contributed by atoms with Gasteiger partial charge in [0.2, 0.25) is 0 Å². The maximum Gasteiger partial charge on any atom is 0.113 e. The summed E-state index contributed by atoms with van der Waals surface area (Å²) in [5, 5.41) is 12.5. The lowest BCUT2D eigenvalue weighted by molar-refractivity contribution is 1.31. The molecule has 5 heteroatoms.